The van der Waals surface area contributed by atoms with E-state index in [1.807, 2.05) is 36.4 Å². The van der Waals surface area contributed by atoms with Crippen molar-refractivity contribution < 1.29 is 9.47 Å². The molecular formula is C33H28O2. The van der Waals surface area contributed by atoms with Crippen molar-refractivity contribution in [3.63, 3.8) is 0 Å². The van der Waals surface area contributed by atoms with E-state index in [4.69, 9.17) is 9.47 Å². The van der Waals surface area contributed by atoms with Crippen molar-refractivity contribution in [2.24, 2.45) is 0 Å². The Morgan fingerprint density at radius 1 is 0.457 bits per heavy atom. The van der Waals surface area contributed by atoms with Gasteiger partial charge in [-0.2, -0.15) is 0 Å². The SMILES string of the molecule is COc1ccc(C(OC(c2ccccc2)c2ccccc2)(c2ccccc2)c2ccccc2)cc1. The number of rotatable bonds is 8. The van der Waals surface area contributed by atoms with Gasteiger partial charge in [-0.1, -0.05) is 133 Å². The minimum absolute atomic E-state index is 0.292. The zero-order valence-electron chi connectivity index (χ0n) is 19.8. The molecule has 5 aromatic rings. The number of benzene rings is 5. The minimum atomic E-state index is -0.856. The van der Waals surface area contributed by atoms with Crippen molar-refractivity contribution in [3.05, 3.63) is 173 Å². The molecule has 0 amide bonds. The molecule has 0 radical (unpaired) electrons. The van der Waals surface area contributed by atoms with Gasteiger partial charge in [0.1, 0.15) is 17.5 Å². The molecule has 0 N–H and O–H groups in total. The Balaban J connectivity index is 1.78. The van der Waals surface area contributed by atoms with Crippen molar-refractivity contribution in [2.75, 3.05) is 7.11 Å². The molecule has 0 heterocycles. The second-order valence-electron chi connectivity index (χ2n) is 8.46. The molecule has 0 bridgehead atoms. The Labute approximate surface area is 207 Å². The van der Waals surface area contributed by atoms with Gasteiger partial charge >= 0.3 is 0 Å². The predicted octanol–water partition coefficient (Wildman–Crippen LogP) is 7.79. The number of methoxy groups -OCH3 is 1. The average molecular weight is 457 g/mol. The summed E-state index contributed by atoms with van der Waals surface area (Å²) in [5, 5.41) is 0. The van der Waals surface area contributed by atoms with E-state index < -0.39 is 5.60 Å². The molecule has 172 valence electrons. The van der Waals surface area contributed by atoms with Crippen LogP contribution in [0.4, 0.5) is 0 Å². The van der Waals surface area contributed by atoms with Crippen LogP contribution in [0.2, 0.25) is 0 Å². The zero-order chi connectivity index (χ0) is 23.9. The molecule has 5 aromatic carbocycles. The summed E-state index contributed by atoms with van der Waals surface area (Å²) in [4.78, 5) is 0. The van der Waals surface area contributed by atoms with Gasteiger partial charge in [-0.05, 0) is 39.9 Å². The highest BCUT2D eigenvalue weighted by molar-refractivity contribution is 5.49. The number of hydrogen-bond acceptors (Lipinski definition) is 2. The van der Waals surface area contributed by atoms with Gasteiger partial charge < -0.3 is 9.47 Å². The van der Waals surface area contributed by atoms with Gasteiger partial charge in [0.25, 0.3) is 0 Å². The molecule has 0 saturated carbocycles. The van der Waals surface area contributed by atoms with Crippen LogP contribution in [-0.4, -0.2) is 7.11 Å². The summed E-state index contributed by atoms with van der Waals surface area (Å²) in [5.41, 5.74) is 4.51. The van der Waals surface area contributed by atoms with Crippen LogP contribution in [0.1, 0.15) is 33.9 Å². The fourth-order valence-electron chi connectivity index (χ4n) is 4.64. The first kappa shape index (κ1) is 22.6. The summed E-state index contributed by atoms with van der Waals surface area (Å²) in [6.45, 7) is 0. The third-order valence-electron chi connectivity index (χ3n) is 6.36. The fourth-order valence-corrected chi connectivity index (χ4v) is 4.64. The molecule has 0 aliphatic rings. The maximum Gasteiger partial charge on any atom is 0.145 e. The lowest BCUT2D eigenvalue weighted by Crippen LogP contribution is -2.34. The van der Waals surface area contributed by atoms with Crippen molar-refractivity contribution in [1.82, 2.24) is 0 Å². The maximum absolute atomic E-state index is 7.40. The first-order valence-electron chi connectivity index (χ1n) is 11.8. The molecule has 0 aromatic heterocycles. The number of hydrogen-bond donors (Lipinski definition) is 0. The Bertz CT molecular complexity index is 1240. The van der Waals surface area contributed by atoms with Gasteiger partial charge in [-0.3, -0.25) is 0 Å². The maximum atomic E-state index is 7.40. The first-order valence-corrected chi connectivity index (χ1v) is 11.8. The zero-order valence-corrected chi connectivity index (χ0v) is 19.8. The summed E-state index contributed by atoms with van der Waals surface area (Å²) in [7, 11) is 1.69. The lowest BCUT2D eigenvalue weighted by Gasteiger charge is -2.39. The van der Waals surface area contributed by atoms with E-state index in [-0.39, 0.29) is 6.10 Å². The third kappa shape index (κ3) is 4.62. The summed E-state index contributed by atoms with van der Waals surface area (Å²) in [6.07, 6.45) is -0.292. The second-order valence-corrected chi connectivity index (χ2v) is 8.46. The molecule has 0 saturated heterocycles. The fraction of sp³-hybridized carbons (Fsp3) is 0.0909. The van der Waals surface area contributed by atoms with Crippen LogP contribution in [0, 0.1) is 0 Å². The first-order chi connectivity index (χ1) is 17.3. The predicted molar refractivity (Wildman–Crippen MR) is 142 cm³/mol. The lowest BCUT2D eigenvalue weighted by atomic mass is 9.79. The van der Waals surface area contributed by atoms with Gasteiger partial charge in [0, 0.05) is 0 Å². The molecular weight excluding hydrogens is 428 g/mol. The number of ether oxygens (including phenoxy) is 2. The van der Waals surface area contributed by atoms with E-state index in [0.717, 1.165) is 33.6 Å². The summed E-state index contributed by atoms with van der Waals surface area (Å²) in [6, 6.07) is 50.0. The molecule has 0 unspecified atom stereocenters. The molecule has 2 heteroatoms. The lowest BCUT2D eigenvalue weighted by molar-refractivity contribution is -0.0296. The summed E-state index contributed by atoms with van der Waals surface area (Å²) in [5.74, 6) is 0.812. The van der Waals surface area contributed by atoms with Crippen LogP contribution >= 0.6 is 0 Å². The standard InChI is InChI=1S/C33H28O2/c1-34-31-24-22-30(23-25-31)33(28-18-10-4-11-19-28,29-20-12-5-13-21-29)35-32(26-14-6-2-7-15-26)27-16-8-3-9-17-27/h2-25,32H,1H3. The smallest absolute Gasteiger partial charge is 0.145 e. The molecule has 0 aliphatic heterocycles. The van der Waals surface area contributed by atoms with Gasteiger partial charge in [-0.15, -0.1) is 0 Å². The highest BCUT2D eigenvalue weighted by atomic mass is 16.5. The highest BCUT2D eigenvalue weighted by Crippen LogP contribution is 2.45. The van der Waals surface area contributed by atoms with Crippen LogP contribution in [0.5, 0.6) is 5.75 Å². The van der Waals surface area contributed by atoms with E-state index in [0.29, 0.717) is 0 Å². The normalized spacial score (nSPS) is 11.4. The van der Waals surface area contributed by atoms with Gasteiger partial charge in [0.2, 0.25) is 0 Å². The molecule has 0 atom stereocenters. The average Bonchev–Trinajstić information content (AvgIpc) is 2.96. The van der Waals surface area contributed by atoms with Crippen LogP contribution < -0.4 is 4.74 Å². The molecule has 0 aliphatic carbocycles. The van der Waals surface area contributed by atoms with Crippen LogP contribution in [0.25, 0.3) is 0 Å². The van der Waals surface area contributed by atoms with Crippen molar-refractivity contribution in [1.29, 1.82) is 0 Å². The topological polar surface area (TPSA) is 18.5 Å². The minimum Gasteiger partial charge on any atom is -0.497 e. The Hall–Kier alpha value is -4.14. The quantitative estimate of drug-likeness (QED) is 0.222. The molecule has 5 rings (SSSR count). The highest BCUT2D eigenvalue weighted by Gasteiger charge is 2.40. The van der Waals surface area contributed by atoms with Crippen LogP contribution in [0.3, 0.4) is 0 Å². The summed E-state index contributed by atoms with van der Waals surface area (Å²) < 4.78 is 12.9. The Kier molecular flexibility index (Phi) is 6.74. The summed E-state index contributed by atoms with van der Waals surface area (Å²) >= 11 is 0. The molecule has 0 spiro atoms. The van der Waals surface area contributed by atoms with E-state index in [1.54, 1.807) is 7.11 Å². The monoisotopic (exact) mass is 456 g/mol. The van der Waals surface area contributed by atoms with Crippen molar-refractivity contribution in [3.8, 4) is 5.75 Å². The third-order valence-corrected chi connectivity index (χ3v) is 6.36. The van der Waals surface area contributed by atoms with E-state index >= 15 is 0 Å². The second kappa shape index (κ2) is 10.4. The van der Waals surface area contributed by atoms with Crippen molar-refractivity contribution in [2.45, 2.75) is 11.7 Å². The van der Waals surface area contributed by atoms with Gasteiger partial charge in [0.05, 0.1) is 7.11 Å². The Morgan fingerprint density at radius 3 is 1.23 bits per heavy atom. The van der Waals surface area contributed by atoms with Crippen LogP contribution in [0.15, 0.2) is 146 Å². The van der Waals surface area contributed by atoms with E-state index in [9.17, 15) is 0 Å². The van der Waals surface area contributed by atoms with E-state index in [2.05, 4.69) is 109 Å². The largest absolute Gasteiger partial charge is 0.497 e. The molecule has 35 heavy (non-hydrogen) atoms. The molecule has 0 fully saturated rings. The molecule has 2 nitrogen and oxygen atoms in total. The Morgan fingerprint density at radius 2 is 0.829 bits per heavy atom. The van der Waals surface area contributed by atoms with Crippen molar-refractivity contribution >= 4 is 0 Å². The van der Waals surface area contributed by atoms with Crippen LogP contribution in [-0.2, 0) is 10.3 Å². The van der Waals surface area contributed by atoms with Gasteiger partial charge in [-0.25, -0.2) is 0 Å². The van der Waals surface area contributed by atoms with E-state index in [1.165, 1.54) is 0 Å². The van der Waals surface area contributed by atoms with Gasteiger partial charge in [0.15, 0.2) is 0 Å².